The second-order valence-corrected chi connectivity index (χ2v) is 16.9. The summed E-state index contributed by atoms with van der Waals surface area (Å²) in [6.07, 6.45) is 3.38. The summed E-state index contributed by atoms with van der Waals surface area (Å²) in [6, 6.07) is 20.5. The number of aromatic nitrogens is 2. The van der Waals surface area contributed by atoms with E-state index in [-0.39, 0.29) is 35.8 Å². The van der Waals surface area contributed by atoms with E-state index >= 15 is 4.79 Å². The second kappa shape index (κ2) is 12.2. The summed E-state index contributed by atoms with van der Waals surface area (Å²) < 4.78 is 2.63. The number of para-hydroxylation sites is 1. The smallest absolute Gasteiger partial charge is 0.242 e. The quantitative estimate of drug-likeness (QED) is 0.143. The highest BCUT2D eigenvalue weighted by atomic mass is 35.5. The maximum absolute atomic E-state index is 15.1. The number of anilines is 2. The molecule has 9 nitrogen and oxygen atoms in total. The van der Waals surface area contributed by atoms with Gasteiger partial charge in [-0.25, -0.2) is 4.90 Å². The first-order valence-corrected chi connectivity index (χ1v) is 19.6. The number of rotatable bonds is 5. The fraction of sp³-hybridized carbons (Fsp3) is 0.326. The average Bonchev–Trinajstić information content (AvgIpc) is 3.83. The van der Waals surface area contributed by atoms with Crippen molar-refractivity contribution in [3.63, 3.8) is 0 Å². The van der Waals surface area contributed by atoms with E-state index < -0.39 is 35.0 Å². The lowest BCUT2D eigenvalue weighted by Gasteiger charge is -2.49. The number of halogens is 1. The number of hydrogen-bond donors (Lipinski definition) is 1. The Kier molecular flexibility index (Phi) is 7.86. The van der Waals surface area contributed by atoms with Gasteiger partial charge in [0.15, 0.2) is 0 Å². The van der Waals surface area contributed by atoms with Crippen molar-refractivity contribution in [3.05, 3.63) is 106 Å². The number of carbonyl (C=O) groups is 4. The van der Waals surface area contributed by atoms with E-state index in [0.717, 1.165) is 38.1 Å². The van der Waals surface area contributed by atoms with Crippen LogP contribution in [0.2, 0.25) is 5.02 Å². The van der Waals surface area contributed by atoms with Gasteiger partial charge in [-0.1, -0.05) is 60.5 Å². The van der Waals surface area contributed by atoms with Crippen LogP contribution in [0.3, 0.4) is 0 Å². The van der Waals surface area contributed by atoms with Gasteiger partial charge in [-0.05, 0) is 98.4 Å². The van der Waals surface area contributed by atoms with Crippen LogP contribution in [0.4, 0.5) is 11.5 Å². The molecule has 11 heteroatoms. The van der Waals surface area contributed by atoms with Crippen LogP contribution in [0.25, 0.3) is 20.7 Å². The van der Waals surface area contributed by atoms with Crippen molar-refractivity contribution in [1.29, 1.82) is 0 Å². The van der Waals surface area contributed by atoms with Gasteiger partial charge in [0.05, 0.1) is 33.7 Å². The summed E-state index contributed by atoms with van der Waals surface area (Å²) in [5.74, 6) is -4.21. The van der Waals surface area contributed by atoms with Crippen molar-refractivity contribution in [3.8, 4) is 16.3 Å². The Balaban J connectivity index is 1.15. The summed E-state index contributed by atoms with van der Waals surface area (Å²) in [5, 5.41) is 18.1. The summed E-state index contributed by atoms with van der Waals surface area (Å²) in [7, 11) is 1.73. The third-order valence-electron chi connectivity index (χ3n) is 12.7. The zero-order valence-electron chi connectivity index (χ0n) is 30.6. The highest BCUT2D eigenvalue weighted by molar-refractivity contribution is 7.22. The van der Waals surface area contributed by atoms with Crippen LogP contribution in [0.1, 0.15) is 54.9 Å². The van der Waals surface area contributed by atoms with Gasteiger partial charge in [-0.3, -0.25) is 28.8 Å². The Morgan fingerprint density at radius 2 is 1.70 bits per heavy atom. The molecule has 5 aromatic rings. The van der Waals surface area contributed by atoms with Crippen molar-refractivity contribution >= 4 is 68.2 Å². The monoisotopic (exact) mass is 758 g/mol. The minimum Gasteiger partial charge on any atom is -0.507 e. The molecule has 1 saturated carbocycles. The molecular formula is C43H39ClN4O5S. The molecule has 6 unspecified atom stereocenters. The molecule has 0 radical (unpaired) electrons. The fourth-order valence-electron chi connectivity index (χ4n) is 9.84. The molecule has 2 aromatic heterocycles. The first-order chi connectivity index (χ1) is 25.8. The number of phenolic OH excluding ortho intramolecular Hbond substituents is 1. The molecule has 9 rings (SSSR count). The molecule has 1 N–H and O–H groups in total. The first kappa shape index (κ1) is 34.7. The summed E-state index contributed by atoms with van der Waals surface area (Å²) in [5.41, 5.74) is 3.99. The Bertz CT molecular complexity index is 2500. The number of thiophene rings is 1. The third kappa shape index (κ3) is 4.72. The fourth-order valence-corrected chi connectivity index (χ4v) is 11.2. The zero-order valence-corrected chi connectivity index (χ0v) is 32.2. The van der Waals surface area contributed by atoms with E-state index in [1.807, 2.05) is 74.5 Å². The topological polar surface area (TPSA) is 113 Å². The molecule has 6 atom stereocenters. The third-order valence-corrected chi connectivity index (χ3v) is 14.2. The SMILES string of the molecule is CCc1ccc(N2C(=O)C3CC=C4C(CC5C(=O)N(c6cc(-c7sc8ccc(Cl)cc8c7C)nn6C)C(=O)C5(C)C4c4cccc(C)c4O)C3C2=O)cc1. The number of allylic oxidation sites excluding steroid dienone is 2. The van der Waals surface area contributed by atoms with Gasteiger partial charge in [0, 0.05) is 34.3 Å². The van der Waals surface area contributed by atoms with Crippen LogP contribution in [0.5, 0.6) is 5.75 Å². The predicted molar refractivity (Wildman–Crippen MR) is 210 cm³/mol. The molecule has 2 aliphatic heterocycles. The van der Waals surface area contributed by atoms with Crippen LogP contribution in [0, 0.1) is 42.9 Å². The lowest BCUT2D eigenvalue weighted by Crippen LogP contribution is -2.49. The van der Waals surface area contributed by atoms with Crippen molar-refractivity contribution in [1.82, 2.24) is 9.78 Å². The molecule has 3 aromatic carbocycles. The maximum Gasteiger partial charge on any atom is 0.242 e. The summed E-state index contributed by atoms with van der Waals surface area (Å²) in [6.45, 7) is 7.70. The standard InChI is InChI=1S/C43H39ClN4O5S/c1-6-23-10-13-25(14-11-23)47-39(50)27-16-15-26-30(35(27)41(47)52)19-31-40(51)48(42(53)43(31,4)36(26)28-9-7-8-21(2)37(28)49)34-20-32(45-46(34)5)38-22(3)29-18-24(44)12-17-33(29)54-38/h7-15,17-18,20,27,30-31,35-36,49H,6,16,19H2,1-5H3. The molecule has 0 spiro atoms. The second-order valence-electron chi connectivity index (χ2n) is 15.4. The maximum atomic E-state index is 15.1. The molecule has 274 valence electrons. The normalized spacial score (nSPS) is 26.4. The Morgan fingerprint density at radius 1 is 0.944 bits per heavy atom. The molecule has 4 aliphatic rings. The van der Waals surface area contributed by atoms with E-state index in [0.29, 0.717) is 39.8 Å². The van der Waals surface area contributed by atoms with Crippen LogP contribution in [0.15, 0.2) is 78.4 Å². The van der Waals surface area contributed by atoms with Crippen molar-refractivity contribution in [2.75, 3.05) is 9.80 Å². The van der Waals surface area contributed by atoms with Gasteiger partial charge >= 0.3 is 0 Å². The van der Waals surface area contributed by atoms with E-state index in [9.17, 15) is 19.5 Å². The molecular weight excluding hydrogens is 720 g/mol. The Morgan fingerprint density at radius 3 is 2.44 bits per heavy atom. The molecule has 4 amide bonds. The van der Waals surface area contributed by atoms with Crippen molar-refractivity contribution < 1.29 is 24.3 Å². The van der Waals surface area contributed by atoms with Crippen LogP contribution in [-0.2, 0) is 32.6 Å². The molecule has 0 bridgehead atoms. The van der Waals surface area contributed by atoms with Gasteiger partial charge < -0.3 is 5.11 Å². The van der Waals surface area contributed by atoms with Crippen molar-refractivity contribution in [2.24, 2.45) is 36.1 Å². The molecule has 54 heavy (non-hydrogen) atoms. The van der Waals surface area contributed by atoms with Gasteiger partial charge in [-0.2, -0.15) is 5.10 Å². The highest BCUT2D eigenvalue weighted by Gasteiger charge is 2.68. The number of imide groups is 2. The minimum absolute atomic E-state index is 0.0551. The number of phenols is 1. The van der Waals surface area contributed by atoms with Crippen LogP contribution >= 0.6 is 22.9 Å². The summed E-state index contributed by atoms with van der Waals surface area (Å²) in [4.78, 5) is 62.0. The lowest BCUT2D eigenvalue weighted by molar-refractivity contribution is -0.131. The van der Waals surface area contributed by atoms with E-state index in [4.69, 9.17) is 16.7 Å². The van der Waals surface area contributed by atoms with Crippen LogP contribution in [-0.4, -0.2) is 38.5 Å². The predicted octanol–water partition coefficient (Wildman–Crippen LogP) is 8.28. The number of amides is 4. The number of fused-ring (bicyclic) bond motifs is 5. The van der Waals surface area contributed by atoms with E-state index in [1.54, 1.807) is 42.1 Å². The highest BCUT2D eigenvalue weighted by Crippen LogP contribution is 2.64. The van der Waals surface area contributed by atoms with Gasteiger partial charge in [0.25, 0.3) is 0 Å². The molecule has 3 fully saturated rings. The number of nitrogens with zero attached hydrogens (tertiary/aromatic N) is 4. The molecule has 2 aliphatic carbocycles. The lowest BCUT2D eigenvalue weighted by atomic mass is 9.51. The Hall–Kier alpha value is -5.06. The average molecular weight is 759 g/mol. The number of benzene rings is 3. The molecule has 2 saturated heterocycles. The van der Waals surface area contributed by atoms with Crippen LogP contribution < -0.4 is 9.80 Å². The van der Waals surface area contributed by atoms with Gasteiger partial charge in [-0.15, -0.1) is 11.3 Å². The van der Waals surface area contributed by atoms with E-state index in [1.165, 1.54) is 9.80 Å². The van der Waals surface area contributed by atoms with Crippen molar-refractivity contribution in [2.45, 2.75) is 52.9 Å². The number of carbonyl (C=O) groups excluding carboxylic acids is 4. The first-order valence-electron chi connectivity index (χ1n) is 18.4. The number of hydrogen-bond acceptors (Lipinski definition) is 7. The largest absolute Gasteiger partial charge is 0.507 e. The number of aryl methyl sites for hydroxylation is 4. The Labute approximate surface area is 321 Å². The minimum atomic E-state index is -1.30. The molecule has 4 heterocycles. The van der Waals surface area contributed by atoms with Gasteiger partial charge in [0.1, 0.15) is 17.3 Å². The van der Waals surface area contributed by atoms with Gasteiger partial charge in [0.2, 0.25) is 23.6 Å². The summed E-state index contributed by atoms with van der Waals surface area (Å²) >= 11 is 7.90. The number of aromatic hydroxyl groups is 1. The van der Waals surface area contributed by atoms with E-state index in [2.05, 4.69) is 6.92 Å². The zero-order chi connectivity index (χ0) is 38.0.